The summed E-state index contributed by atoms with van der Waals surface area (Å²) in [6.07, 6.45) is -4.65. The zero-order valence-corrected chi connectivity index (χ0v) is 28.0. The van der Waals surface area contributed by atoms with Gasteiger partial charge in [-0.25, -0.2) is 13.6 Å². The second-order valence-electron chi connectivity index (χ2n) is 13.9. The molecule has 2 aromatic rings. The van der Waals surface area contributed by atoms with E-state index in [4.69, 9.17) is 5.73 Å². The highest BCUT2D eigenvalue weighted by Gasteiger charge is 2.45. The van der Waals surface area contributed by atoms with Crippen molar-refractivity contribution in [1.29, 1.82) is 0 Å². The third-order valence-electron chi connectivity index (χ3n) is 9.76. The van der Waals surface area contributed by atoms with Crippen molar-refractivity contribution in [2.24, 2.45) is 11.7 Å². The van der Waals surface area contributed by atoms with E-state index in [0.717, 1.165) is 28.3 Å². The summed E-state index contributed by atoms with van der Waals surface area (Å²) in [5.74, 6) is -4.48. The number of hydrogen-bond donors (Lipinski definition) is 2. The number of likely N-dealkylation sites (tertiary alicyclic amines) is 2. The molecule has 0 saturated carbocycles. The van der Waals surface area contributed by atoms with Crippen molar-refractivity contribution in [2.45, 2.75) is 96.6 Å². The van der Waals surface area contributed by atoms with E-state index in [0.29, 0.717) is 51.0 Å². The van der Waals surface area contributed by atoms with Crippen LogP contribution < -0.4 is 11.1 Å². The van der Waals surface area contributed by atoms with E-state index in [9.17, 15) is 31.5 Å². The Morgan fingerprint density at radius 2 is 1.64 bits per heavy atom. The third-order valence-corrected chi connectivity index (χ3v) is 9.76. The SMILES string of the molecule is CC[C@H](NC(CN)OC(=O)C(F)(F)F)c1cc(C)c(C)cc1C1CCN(C(=O)[C@@H]2CN(C(C)(C)C)C[C@H]2c2ccc(F)cc2F)CC1. The number of rotatable bonds is 9. The van der Waals surface area contributed by atoms with E-state index in [-0.39, 0.29) is 23.9 Å². The highest BCUT2D eigenvalue weighted by atomic mass is 19.4. The lowest BCUT2D eigenvalue weighted by molar-refractivity contribution is -0.206. The first kappa shape index (κ1) is 36.7. The van der Waals surface area contributed by atoms with Gasteiger partial charge in [-0.2, -0.15) is 13.2 Å². The number of piperidine rings is 1. The number of hydrogen-bond acceptors (Lipinski definition) is 6. The van der Waals surface area contributed by atoms with Crippen LogP contribution in [0.5, 0.6) is 0 Å². The molecule has 0 bridgehead atoms. The molecule has 2 aliphatic heterocycles. The normalized spacial score (nSPS) is 21.1. The average molecular weight is 667 g/mol. The molecule has 4 rings (SSSR count). The van der Waals surface area contributed by atoms with Gasteiger partial charge in [-0.1, -0.05) is 25.1 Å². The summed E-state index contributed by atoms with van der Waals surface area (Å²) < 4.78 is 72.0. The third kappa shape index (κ3) is 8.50. The molecule has 0 spiro atoms. The summed E-state index contributed by atoms with van der Waals surface area (Å²) in [6, 6.07) is 7.24. The number of amides is 1. The van der Waals surface area contributed by atoms with E-state index < -0.39 is 47.9 Å². The number of halogens is 5. The van der Waals surface area contributed by atoms with Gasteiger partial charge in [0.2, 0.25) is 5.91 Å². The predicted octanol–water partition coefficient (Wildman–Crippen LogP) is 6.23. The van der Waals surface area contributed by atoms with Gasteiger partial charge in [0.1, 0.15) is 11.6 Å². The number of ether oxygens (including phenoxy) is 1. The van der Waals surface area contributed by atoms with Gasteiger partial charge in [0.25, 0.3) is 0 Å². The fraction of sp³-hybridized carbons (Fsp3) is 0.600. The molecule has 1 amide bonds. The van der Waals surface area contributed by atoms with Gasteiger partial charge in [0, 0.05) is 56.3 Å². The number of nitrogens with one attached hydrogen (secondary N) is 1. The lowest BCUT2D eigenvalue weighted by atomic mass is 9.81. The van der Waals surface area contributed by atoms with Crippen molar-refractivity contribution in [1.82, 2.24) is 15.1 Å². The van der Waals surface area contributed by atoms with Crippen LogP contribution in [-0.2, 0) is 14.3 Å². The summed E-state index contributed by atoms with van der Waals surface area (Å²) in [6.45, 7) is 13.6. The van der Waals surface area contributed by atoms with Crippen LogP contribution in [0.3, 0.4) is 0 Å². The number of carbonyl (C=O) groups is 2. The number of benzene rings is 2. The van der Waals surface area contributed by atoms with E-state index in [1.165, 1.54) is 12.1 Å². The van der Waals surface area contributed by atoms with Crippen LogP contribution in [0.15, 0.2) is 30.3 Å². The van der Waals surface area contributed by atoms with Crippen molar-refractivity contribution in [3.63, 3.8) is 0 Å². The topological polar surface area (TPSA) is 87.9 Å². The number of nitrogens with two attached hydrogens (primary N) is 1. The van der Waals surface area contributed by atoms with Gasteiger partial charge in [-0.3, -0.25) is 15.0 Å². The fourth-order valence-corrected chi connectivity index (χ4v) is 6.88. The van der Waals surface area contributed by atoms with E-state index >= 15 is 0 Å². The van der Waals surface area contributed by atoms with Crippen LogP contribution in [-0.4, -0.2) is 72.3 Å². The maximum absolute atomic E-state index is 15.0. The molecule has 260 valence electrons. The standard InChI is InChI=1S/C35H47F5N4O3/c1-7-30(42-31(17-41)47-33(46)35(38,39)40)26-15-21(3)20(2)14-25(26)22-10-12-43(13-11-22)32(45)28-19-44(34(4,5)6)18-27(28)24-9-8-23(36)16-29(24)37/h8-9,14-16,22,27-28,30-31,42H,7,10-13,17-19,41H2,1-6H3/t27-,28+,30-,31?/m0/s1. The zero-order valence-electron chi connectivity index (χ0n) is 28.0. The zero-order chi connectivity index (χ0) is 34.8. The predicted molar refractivity (Wildman–Crippen MR) is 170 cm³/mol. The number of carbonyl (C=O) groups excluding carboxylic acids is 2. The molecule has 7 nitrogen and oxygen atoms in total. The Labute approximate surface area is 274 Å². The van der Waals surface area contributed by atoms with E-state index in [1.54, 1.807) is 0 Å². The summed E-state index contributed by atoms with van der Waals surface area (Å²) in [5.41, 5.74) is 9.79. The first-order chi connectivity index (χ1) is 21.9. The van der Waals surface area contributed by atoms with Crippen LogP contribution in [0.25, 0.3) is 0 Å². The molecule has 0 aromatic heterocycles. The molecule has 0 aliphatic carbocycles. The largest absolute Gasteiger partial charge is 0.490 e. The molecule has 0 radical (unpaired) electrons. The Bertz CT molecular complexity index is 1440. The minimum atomic E-state index is -5.13. The minimum Gasteiger partial charge on any atom is -0.439 e. The molecule has 3 N–H and O–H groups in total. The summed E-state index contributed by atoms with van der Waals surface area (Å²) in [7, 11) is 0. The Morgan fingerprint density at radius 1 is 1.00 bits per heavy atom. The minimum absolute atomic E-state index is 0.0467. The van der Waals surface area contributed by atoms with Gasteiger partial charge in [0.05, 0.1) is 5.92 Å². The fourth-order valence-electron chi connectivity index (χ4n) is 6.88. The van der Waals surface area contributed by atoms with Crippen LogP contribution in [0.2, 0.25) is 0 Å². The average Bonchev–Trinajstić information content (AvgIpc) is 3.45. The second kappa shape index (κ2) is 14.6. The second-order valence-corrected chi connectivity index (χ2v) is 13.9. The molecule has 4 atom stereocenters. The molecule has 2 heterocycles. The van der Waals surface area contributed by atoms with Crippen molar-refractivity contribution < 1.29 is 36.3 Å². The van der Waals surface area contributed by atoms with Gasteiger partial charge >= 0.3 is 12.1 Å². The van der Waals surface area contributed by atoms with Crippen LogP contribution in [0.4, 0.5) is 22.0 Å². The van der Waals surface area contributed by atoms with Crippen molar-refractivity contribution in [2.75, 3.05) is 32.7 Å². The van der Waals surface area contributed by atoms with Crippen molar-refractivity contribution >= 4 is 11.9 Å². The smallest absolute Gasteiger partial charge is 0.439 e. The van der Waals surface area contributed by atoms with Crippen LogP contribution >= 0.6 is 0 Å². The Balaban J connectivity index is 1.53. The summed E-state index contributed by atoms with van der Waals surface area (Å²) in [5, 5.41) is 3.02. The highest BCUT2D eigenvalue weighted by molar-refractivity contribution is 5.81. The first-order valence-corrected chi connectivity index (χ1v) is 16.3. The van der Waals surface area contributed by atoms with Gasteiger partial charge < -0.3 is 15.4 Å². The molecule has 2 aliphatic rings. The lowest BCUT2D eigenvalue weighted by Crippen LogP contribution is -2.45. The van der Waals surface area contributed by atoms with Gasteiger partial charge in [-0.15, -0.1) is 0 Å². The molecule has 2 aromatic carbocycles. The first-order valence-electron chi connectivity index (χ1n) is 16.3. The quantitative estimate of drug-likeness (QED) is 0.188. The molecule has 2 fully saturated rings. The maximum Gasteiger partial charge on any atom is 0.490 e. The number of aryl methyl sites for hydroxylation is 2. The Kier molecular flexibility index (Phi) is 11.4. The Hall–Kier alpha value is -3.09. The number of alkyl halides is 3. The number of nitrogens with zero attached hydrogens (tertiary/aromatic N) is 2. The molecule has 12 heteroatoms. The molecular formula is C35H47F5N4O3. The Morgan fingerprint density at radius 3 is 2.19 bits per heavy atom. The summed E-state index contributed by atoms with van der Waals surface area (Å²) in [4.78, 5) is 29.6. The van der Waals surface area contributed by atoms with Crippen molar-refractivity contribution in [3.8, 4) is 0 Å². The molecule has 1 unspecified atom stereocenters. The van der Waals surface area contributed by atoms with E-state index in [1.807, 2.05) is 31.7 Å². The van der Waals surface area contributed by atoms with E-state index in [2.05, 4.69) is 41.8 Å². The van der Waals surface area contributed by atoms with Gasteiger partial charge in [0.15, 0.2) is 6.23 Å². The monoisotopic (exact) mass is 666 g/mol. The van der Waals surface area contributed by atoms with Gasteiger partial charge in [-0.05, 0) is 93.7 Å². The molecule has 47 heavy (non-hydrogen) atoms. The van der Waals surface area contributed by atoms with Crippen LogP contribution in [0, 0.1) is 31.4 Å². The molecule has 2 saturated heterocycles. The maximum atomic E-state index is 15.0. The number of esters is 1. The lowest BCUT2D eigenvalue weighted by Gasteiger charge is -2.37. The van der Waals surface area contributed by atoms with Crippen LogP contribution in [0.1, 0.15) is 92.7 Å². The molecular weight excluding hydrogens is 619 g/mol. The van der Waals surface area contributed by atoms with Crippen molar-refractivity contribution in [3.05, 3.63) is 69.8 Å². The summed E-state index contributed by atoms with van der Waals surface area (Å²) >= 11 is 0. The highest BCUT2D eigenvalue weighted by Crippen LogP contribution is 2.41.